The lowest BCUT2D eigenvalue weighted by molar-refractivity contribution is -0.133. The number of nitrogens with zero attached hydrogens (tertiary/aromatic N) is 3. The smallest absolute Gasteiger partial charge is 0.245 e. The predicted octanol–water partition coefficient (Wildman–Crippen LogP) is 2.85. The van der Waals surface area contributed by atoms with Crippen LogP contribution in [-0.4, -0.2) is 27.4 Å². The quantitative estimate of drug-likeness (QED) is 0.740. The van der Waals surface area contributed by atoms with E-state index < -0.39 is 0 Å². The number of hydrogen-bond donors (Lipinski definition) is 0. The van der Waals surface area contributed by atoms with Crippen LogP contribution < -0.4 is 0 Å². The maximum atomic E-state index is 12.6. The lowest BCUT2D eigenvalue weighted by atomic mass is 10.2. The van der Waals surface area contributed by atoms with E-state index in [0.29, 0.717) is 6.54 Å². The van der Waals surface area contributed by atoms with Crippen molar-refractivity contribution in [3.8, 4) is 0 Å². The monoisotopic (exact) mass is 283 g/mol. The third-order valence-electron chi connectivity index (χ3n) is 3.63. The maximum absolute atomic E-state index is 12.6. The molecule has 0 radical (unpaired) electrons. The van der Waals surface area contributed by atoms with E-state index in [9.17, 15) is 4.79 Å². The third kappa shape index (κ3) is 2.54. The largest absolute Gasteiger partial charge is 0.472 e. The number of furan rings is 1. The first-order chi connectivity index (χ1) is 10.2. The minimum atomic E-state index is -0.297. The number of hydrogen-bond acceptors (Lipinski definition) is 3. The fourth-order valence-corrected chi connectivity index (χ4v) is 2.46. The summed E-state index contributed by atoms with van der Waals surface area (Å²) in [5, 5.41) is 0. The van der Waals surface area contributed by atoms with Crippen molar-refractivity contribution < 1.29 is 9.21 Å². The SMILES string of the molecule is CC(C(=O)N(C)Cc1ccoc1)n1cnc2ccccc21. The highest BCUT2D eigenvalue weighted by Gasteiger charge is 2.21. The van der Waals surface area contributed by atoms with Gasteiger partial charge < -0.3 is 13.9 Å². The molecule has 1 unspecified atom stereocenters. The van der Waals surface area contributed by atoms with Gasteiger partial charge in [-0.1, -0.05) is 12.1 Å². The number of imidazole rings is 1. The normalized spacial score (nSPS) is 12.5. The average Bonchev–Trinajstić information content (AvgIpc) is 3.14. The molecular formula is C16H17N3O2. The molecule has 2 aromatic heterocycles. The molecule has 1 amide bonds. The van der Waals surface area contributed by atoms with E-state index in [1.54, 1.807) is 30.8 Å². The molecule has 3 aromatic rings. The highest BCUT2D eigenvalue weighted by molar-refractivity contribution is 5.83. The zero-order chi connectivity index (χ0) is 14.8. The fourth-order valence-electron chi connectivity index (χ4n) is 2.46. The number of aromatic nitrogens is 2. The summed E-state index contributed by atoms with van der Waals surface area (Å²) in [5.74, 6) is 0.0411. The number of likely N-dealkylation sites (N-methyl/N-ethyl adjacent to an activating group) is 1. The van der Waals surface area contributed by atoms with Crippen LogP contribution in [0.25, 0.3) is 11.0 Å². The second-order valence-corrected chi connectivity index (χ2v) is 5.14. The molecule has 108 valence electrons. The summed E-state index contributed by atoms with van der Waals surface area (Å²) in [7, 11) is 1.80. The van der Waals surface area contributed by atoms with Crippen molar-refractivity contribution in [1.29, 1.82) is 0 Å². The molecule has 0 bridgehead atoms. The molecule has 5 heteroatoms. The Balaban J connectivity index is 1.80. The molecule has 0 saturated heterocycles. The van der Waals surface area contributed by atoms with Gasteiger partial charge in [0.2, 0.25) is 5.91 Å². The van der Waals surface area contributed by atoms with Crippen LogP contribution in [0.2, 0.25) is 0 Å². The van der Waals surface area contributed by atoms with Crippen LogP contribution in [0, 0.1) is 0 Å². The van der Waals surface area contributed by atoms with E-state index >= 15 is 0 Å². The van der Waals surface area contributed by atoms with Gasteiger partial charge >= 0.3 is 0 Å². The summed E-state index contributed by atoms with van der Waals surface area (Å²) in [6, 6.07) is 9.38. The number of para-hydroxylation sites is 2. The van der Waals surface area contributed by atoms with Crippen LogP contribution in [0.4, 0.5) is 0 Å². The molecule has 0 N–H and O–H groups in total. The molecule has 0 spiro atoms. The van der Waals surface area contributed by atoms with Crippen molar-refractivity contribution in [2.45, 2.75) is 19.5 Å². The second kappa shape index (κ2) is 5.44. The molecule has 2 heterocycles. The van der Waals surface area contributed by atoms with E-state index in [4.69, 9.17) is 4.42 Å². The molecule has 21 heavy (non-hydrogen) atoms. The van der Waals surface area contributed by atoms with Crippen molar-refractivity contribution in [3.05, 3.63) is 54.7 Å². The highest BCUT2D eigenvalue weighted by Crippen LogP contribution is 2.19. The first-order valence-electron chi connectivity index (χ1n) is 6.84. The summed E-state index contributed by atoms with van der Waals surface area (Å²) in [4.78, 5) is 18.6. The molecular weight excluding hydrogens is 266 g/mol. The molecule has 1 aromatic carbocycles. The Morgan fingerprint density at radius 3 is 2.95 bits per heavy atom. The van der Waals surface area contributed by atoms with Gasteiger partial charge in [-0.15, -0.1) is 0 Å². The fraction of sp³-hybridized carbons (Fsp3) is 0.250. The topological polar surface area (TPSA) is 51.3 Å². The van der Waals surface area contributed by atoms with Crippen molar-refractivity contribution in [1.82, 2.24) is 14.5 Å². The first kappa shape index (κ1) is 13.4. The molecule has 1 atom stereocenters. The average molecular weight is 283 g/mol. The Hall–Kier alpha value is -2.56. The Morgan fingerprint density at radius 1 is 1.38 bits per heavy atom. The molecule has 0 aliphatic carbocycles. The standard InChI is InChI=1S/C16H17N3O2/c1-12(16(20)18(2)9-13-7-8-21-10-13)19-11-17-14-5-3-4-6-15(14)19/h3-8,10-12H,9H2,1-2H3. The Kier molecular flexibility index (Phi) is 3.48. The van der Waals surface area contributed by atoms with Gasteiger partial charge in [0.05, 0.1) is 29.9 Å². The first-order valence-corrected chi connectivity index (χ1v) is 6.84. The van der Waals surface area contributed by atoms with Crippen molar-refractivity contribution >= 4 is 16.9 Å². The highest BCUT2D eigenvalue weighted by atomic mass is 16.3. The Bertz CT molecular complexity index is 746. The van der Waals surface area contributed by atoms with E-state index in [1.807, 2.05) is 41.8 Å². The van der Waals surface area contributed by atoms with Crippen LogP contribution >= 0.6 is 0 Å². The summed E-state index contributed by atoms with van der Waals surface area (Å²) in [5.41, 5.74) is 2.85. The van der Waals surface area contributed by atoms with Gasteiger partial charge in [-0.05, 0) is 25.1 Å². The van der Waals surface area contributed by atoms with Gasteiger partial charge in [0.25, 0.3) is 0 Å². The van der Waals surface area contributed by atoms with Crippen LogP contribution in [0.3, 0.4) is 0 Å². The van der Waals surface area contributed by atoms with Crippen molar-refractivity contribution in [2.24, 2.45) is 0 Å². The predicted molar refractivity (Wildman–Crippen MR) is 79.6 cm³/mol. The minimum absolute atomic E-state index is 0.0411. The van der Waals surface area contributed by atoms with Crippen LogP contribution in [0.15, 0.2) is 53.6 Å². The van der Waals surface area contributed by atoms with Gasteiger partial charge in [-0.25, -0.2) is 4.98 Å². The second-order valence-electron chi connectivity index (χ2n) is 5.14. The van der Waals surface area contributed by atoms with E-state index in [-0.39, 0.29) is 11.9 Å². The Morgan fingerprint density at radius 2 is 2.19 bits per heavy atom. The molecule has 0 aliphatic rings. The lowest BCUT2D eigenvalue weighted by Crippen LogP contribution is -2.32. The molecule has 0 saturated carbocycles. The van der Waals surface area contributed by atoms with Crippen LogP contribution in [0.1, 0.15) is 18.5 Å². The number of rotatable bonds is 4. The molecule has 3 rings (SSSR count). The Labute approximate surface area is 122 Å². The van der Waals surface area contributed by atoms with Crippen LogP contribution in [0.5, 0.6) is 0 Å². The molecule has 5 nitrogen and oxygen atoms in total. The number of fused-ring (bicyclic) bond motifs is 1. The number of amides is 1. The van der Waals surface area contributed by atoms with E-state index in [1.165, 1.54) is 0 Å². The number of benzene rings is 1. The summed E-state index contributed by atoms with van der Waals surface area (Å²) >= 11 is 0. The maximum Gasteiger partial charge on any atom is 0.245 e. The number of carbonyl (C=O) groups is 1. The third-order valence-corrected chi connectivity index (χ3v) is 3.63. The summed E-state index contributed by atoms with van der Waals surface area (Å²) in [6.07, 6.45) is 4.99. The van der Waals surface area contributed by atoms with Gasteiger partial charge in [-0.2, -0.15) is 0 Å². The van der Waals surface area contributed by atoms with Gasteiger partial charge in [-0.3, -0.25) is 4.79 Å². The van der Waals surface area contributed by atoms with Gasteiger partial charge in [0.15, 0.2) is 0 Å². The van der Waals surface area contributed by atoms with E-state index in [2.05, 4.69) is 4.98 Å². The molecule has 0 fully saturated rings. The summed E-state index contributed by atoms with van der Waals surface area (Å²) in [6.45, 7) is 2.43. The number of carbonyl (C=O) groups excluding carboxylic acids is 1. The van der Waals surface area contributed by atoms with Crippen molar-refractivity contribution in [2.75, 3.05) is 7.05 Å². The molecule has 0 aliphatic heterocycles. The zero-order valence-corrected chi connectivity index (χ0v) is 12.1. The van der Waals surface area contributed by atoms with Gasteiger partial charge in [0.1, 0.15) is 6.04 Å². The van der Waals surface area contributed by atoms with Crippen molar-refractivity contribution in [3.63, 3.8) is 0 Å². The summed E-state index contributed by atoms with van der Waals surface area (Å²) < 4.78 is 6.94. The van der Waals surface area contributed by atoms with Crippen LogP contribution in [-0.2, 0) is 11.3 Å². The zero-order valence-electron chi connectivity index (χ0n) is 12.1. The lowest BCUT2D eigenvalue weighted by Gasteiger charge is -2.22. The van der Waals surface area contributed by atoms with E-state index in [0.717, 1.165) is 16.6 Å². The minimum Gasteiger partial charge on any atom is -0.472 e. The van der Waals surface area contributed by atoms with Gasteiger partial charge in [0, 0.05) is 19.2 Å².